The summed E-state index contributed by atoms with van der Waals surface area (Å²) in [5.74, 6) is 0. The van der Waals surface area contributed by atoms with E-state index in [-0.39, 0.29) is 0 Å². The summed E-state index contributed by atoms with van der Waals surface area (Å²) >= 11 is 0. The van der Waals surface area contributed by atoms with Crippen LogP contribution >= 0.6 is 0 Å². The Morgan fingerprint density at radius 1 is 1.28 bits per heavy atom. The predicted molar refractivity (Wildman–Crippen MR) is 74.0 cm³/mol. The van der Waals surface area contributed by atoms with Gasteiger partial charge in [0.05, 0.1) is 6.26 Å². The minimum absolute atomic E-state index is 0.621. The molecule has 1 aromatic rings. The highest BCUT2D eigenvalue weighted by molar-refractivity contribution is 7.92. The fraction of sp³-hybridized carbons (Fsp3) is 0.538. The van der Waals surface area contributed by atoms with Crippen molar-refractivity contribution in [2.24, 2.45) is 0 Å². The molecule has 0 unspecified atom stereocenters. The molecule has 1 fully saturated rings. The van der Waals surface area contributed by atoms with Gasteiger partial charge in [0.1, 0.15) is 0 Å². The first kappa shape index (κ1) is 13.4. The third-order valence-corrected chi connectivity index (χ3v) is 3.72. The van der Waals surface area contributed by atoms with Crippen LogP contribution < -0.4 is 4.72 Å². The van der Waals surface area contributed by atoms with Crippen molar-refractivity contribution < 1.29 is 8.42 Å². The lowest BCUT2D eigenvalue weighted by atomic mass is 10.2. The maximum atomic E-state index is 11.1. The molecule has 1 saturated carbocycles. The summed E-state index contributed by atoms with van der Waals surface area (Å²) in [6.07, 6.45) is 3.77. The van der Waals surface area contributed by atoms with Crippen LogP contribution in [0, 0.1) is 0 Å². The Labute approximate surface area is 109 Å². The molecule has 0 atom stereocenters. The van der Waals surface area contributed by atoms with Crippen LogP contribution in [0.15, 0.2) is 24.3 Å². The molecule has 0 amide bonds. The van der Waals surface area contributed by atoms with Gasteiger partial charge in [-0.15, -0.1) is 0 Å². The van der Waals surface area contributed by atoms with Crippen LogP contribution in [-0.2, 0) is 16.6 Å². The Morgan fingerprint density at radius 2 is 1.89 bits per heavy atom. The standard InChI is InChI=1S/C13H20N2O2S/c1-3-15(13-8-9-13)10-11-4-6-12(7-5-11)14-18(2,16)17/h4-7,13-14H,3,8-10H2,1-2H3. The van der Waals surface area contributed by atoms with E-state index in [4.69, 9.17) is 0 Å². The summed E-state index contributed by atoms with van der Waals surface area (Å²) in [6, 6.07) is 8.36. The minimum Gasteiger partial charge on any atom is -0.296 e. The fourth-order valence-electron chi connectivity index (χ4n) is 2.07. The predicted octanol–water partition coefficient (Wildman–Crippen LogP) is 2.04. The van der Waals surface area contributed by atoms with Crippen molar-refractivity contribution in [3.05, 3.63) is 29.8 Å². The summed E-state index contributed by atoms with van der Waals surface area (Å²) in [5, 5.41) is 0. The summed E-state index contributed by atoms with van der Waals surface area (Å²) in [7, 11) is -3.18. The molecule has 0 heterocycles. The average Bonchev–Trinajstić information content (AvgIpc) is 3.10. The highest BCUT2D eigenvalue weighted by Gasteiger charge is 2.27. The van der Waals surface area contributed by atoms with Crippen LogP contribution in [0.4, 0.5) is 5.69 Å². The quantitative estimate of drug-likeness (QED) is 0.859. The van der Waals surface area contributed by atoms with Crippen molar-refractivity contribution in [2.45, 2.75) is 32.4 Å². The second-order valence-electron chi connectivity index (χ2n) is 4.87. The zero-order chi connectivity index (χ0) is 13.2. The number of hydrogen-bond donors (Lipinski definition) is 1. The van der Waals surface area contributed by atoms with Gasteiger partial charge in [-0.25, -0.2) is 8.42 Å². The van der Waals surface area contributed by atoms with Gasteiger partial charge in [-0.3, -0.25) is 9.62 Å². The molecule has 0 aromatic heterocycles. The lowest BCUT2D eigenvalue weighted by Crippen LogP contribution is -2.24. The zero-order valence-electron chi connectivity index (χ0n) is 10.9. The molecule has 0 saturated heterocycles. The average molecular weight is 268 g/mol. The second kappa shape index (κ2) is 5.28. The maximum Gasteiger partial charge on any atom is 0.229 e. The maximum absolute atomic E-state index is 11.1. The van der Waals surface area contributed by atoms with Crippen molar-refractivity contribution in [1.29, 1.82) is 0 Å². The van der Waals surface area contributed by atoms with Crippen LogP contribution in [0.3, 0.4) is 0 Å². The van der Waals surface area contributed by atoms with E-state index >= 15 is 0 Å². The Hall–Kier alpha value is -1.07. The number of benzene rings is 1. The number of hydrogen-bond acceptors (Lipinski definition) is 3. The monoisotopic (exact) mass is 268 g/mol. The molecule has 1 aliphatic carbocycles. The molecule has 5 heteroatoms. The molecule has 0 aliphatic heterocycles. The number of anilines is 1. The molecule has 100 valence electrons. The van der Waals surface area contributed by atoms with Gasteiger partial charge < -0.3 is 0 Å². The third kappa shape index (κ3) is 3.99. The largest absolute Gasteiger partial charge is 0.296 e. The van der Waals surface area contributed by atoms with Crippen molar-refractivity contribution in [3.63, 3.8) is 0 Å². The molecule has 2 rings (SSSR count). The summed E-state index contributed by atoms with van der Waals surface area (Å²) < 4.78 is 24.6. The van der Waals surface area contributed by atoms with Gasteiger partial charge in [0.2, 0.25) is 10.0 Å². The lowest BCUT2D eigenvalue weighted by Gasteiger charge is -2.19. The van der Waals surface area contributed by atoms with E-state index in [2.05, 4.69) is 16.5 Å². The van der Waals surface area contributed by atoms with Crippen LogP contribution in [0.2, 0.25) is 0 Å². The van der Waals surface area contributed by atoms with Crippen LogP contribution in [0.1, 0.15) is 25.3 Å². The van der Waals surface area contributed by atoms with Crippen molar-refractivity contribution in [1.82, 2.24) is 4.90 Å². The van der Waals surface area contributed by atoms with E-state index in [1.54, 1.807) is 0 Å². The van der Waals surface area contributed by atoms with E-state index in [1.807, 2.05) is 24.3 Å². The first-order valence-electron chi connectivity index (χ1n) is 6.28. The topological polar surface area (TPSA) is 49.4 Å². The third-order valence-electron chi connectivity index (χ3n) is 3.11. The molecule has 18 heavy (non-hydrogen) atoms. The van der Waals surface area contributed by atoms with E-state index in [0.29, 0.717) is 5.69 Å². The number of sulfonamides is 1. The second-order valence-corrected chi connectivity index (χ2v) is 6.61. The Kier molecular flexibility index (Phi) is 3.92. The molecular weight excluding hydrogens is 248 g/mol. The Balaban J connectivity index is 1.98. The molecule has 1 aromatic carbocycles. The SMILES string of the molecule is CCN(Cc1ccc(NS(C)(=O)=O)cc1)C1CC1. The van der Waals surface area contributed by atoms with Gasteiger partial charge in [-0.1, -0.05) is 19.1 Å². The molecule has 4 nitrogen and oxygen atoms in total. The van der Waals surface area contributed by atoms with Crippen LogP contribution in [0.25, 0.3) is 0 Å². The first-order valence-corrected chi connectivity index (χ1v) is 8.18. The minimum atomic E-state index is -3.18. The highest BCUT2D eigenvalue weighted by atomic mass is 32.2. The van der Waals surface area contributed by atoms with E-state index in [9.17, 15) is 8.42 Å². The van der Waals surface area contributed by atoms with Crippen LogP contribution in [0.5, 0.6) is 0 Å². The van der Waals surface area contributed by atoms with Crippen LogP contribution in [-0.4, -0.2) is 32.2 Å². The van der Waals surface area contributed by atoms with E-state index in [0.717, 1.165) is 25.4 Å². The van der Waals surface area contributed by atoms with Gasteiger partial charge in [0.25, 0.3) is 0 Å². The molecule has 0 bridgehead atoms. The number of nitrogens with one attached hydrogen (secondary N) is 1. The summed E-state index contributed by atoms with van der Waals surface area (Å²) in [4.78, 5) is 2.46. The van der Waals surface area contributed by atoms with Gasteiger partial charge >= 0.3 is 0 Å². The Morgan fingerprint density at radius 3 is 2.33 bits per heavy atom. The van der Waals surface area contributed by atoms with Gasteiger partial charge in [0.15, 0.2) is 0 Å². The Bertz CT molecular complexity index is 492. The van der Waals surface area contributed by atoms with Gasteiger partial charge in [-0.2, -0.15) is 0 Å². The number of rotatable bonds is 6. The van der Waals surface area contributed by atoms with Crippen molar-refractivity contribution in [2.75, 3.05) is 17.5 Å². The molecule has 1 N–H and O–H groups in total. The molecule has 0 radical (unpaired) electrons. The fourth-order valence-corrected chi connectivity index (χ4v) is 2.63. The van der Waals surface area contributed by atoms with E-state index in [1.165, 1.54) is 18.4 Å². The normalized spacial score (nSPS) is 15.9. The van der Waals surface area contributed by atoms with Gasteiger partial charge in [-0.05, 0) is 37.1 Å². The van der Waals surface area contributed by atoms with Gasteiger partial charge in [0, 0.05) is 18.3 Å². The zero-order valence-corrected chi connectivity index (χ0v) is 11.7. The molecule has 0 spiro atoms. The molecule has 1 aliphatic rings. The highest BCUT2D eigenvalue weighted by Crippen LogP contribution is 2.28. The van der Waals surface area contributed by atoms with Crippen molar-refractivity contribution in [3.8, 4) is 0 Å². The number of nitrogens with zero attached hydrogens (tertiary/aromatic N) is 1. The summed E-state index contributed by atoms with van der Waals surface area (Å²) in [5.41, 5.74) is 1.85. The lowest BCUT2D eigenvalue weighted by molar-refractivity contribution is 0.269. The molecular formula is C13H20N2O2S. The summed E-state index contributed by atoms with van der Waals surface area (Å²) in [6.45, 7) is 4.19. The first-order chi connectivity index (χ1) is 8.48. The van der Waals surface area contributed by atoms with Crippen molar-refractivity contribution >= 4 is 15.7 Å². The van der Waals surface area contributed by atoms with E-state index < -0.39 is 10.0 Å². The smallest absolute Gasteiger partial charge is 0.229 e.